The van der Waals surface area contributed by atoms with E-state index in [2.05, 4.69) is 5.32 Å². The van der Waals surface area contributed by atoms with Crippen LogP contribution in [0.2, 0.25) is 0 Å². The molecule has 0 heterocycles. The summed E-state index contributed by atoms with van der Waals surface area (Å²) in [4.78, 5) is 0.242. The average Bonchev–Trinajstić information content (AvgIpc) is 2.43. The van der Waals surface area contributed by atoms with Gasteiger partial charge in [-0.05, 0) is 25.5 Å². The van der Waals surface area contributed by atoms with Gasteiger partial charge in [0.2, 0.25) is 10.0 Å². The molecule has 0 spiro atoms. The molecule has 1 aromatic carbocycles. The molecule has 1 unspecified atom stereocenters. The van der Waals surface area contributed by atoms with E-state index in [0.29, 0.717) is 12.2 Å². The van der Waals surface area contributed by atoms with Crippen LogP contribution < -0.4 is 5.32 Å². The van der Waals surface area contributed by atoms with Crippen molar-refractivity contribution < 1.29 is 13.5 Å². The lowest BCUT2D eigenvalue weighted by atomic mass is 10.3. The summed E-state index contributed by atoms with van der Waals surface area (Å²) in [6.07, 6.45) is 0.914. The topological polar surface area (TPSA) is 69.6 Å². The van der Waals surface area contributed by atoms with Gasteiger partial charge in [0.1, 0.15) is 4.90 Å². The Balaban J connectivity index is 3.14. The number of hydrogen-bond donors (Lipinski definition) is 2. The van der Waals surface area contributed by atoms with Crippen molar-refractivity contribution in [1.29, 1.82) is 0 Å². The smallest absolute Gasteiger partial charge is 0.245 e. The molecular weight excluding hydrogens is 264 g/mol. The average molecular weight is 286 g/mol. The second-order valence-corrected chi connectivity index (χ2v) is 6.44. The zero-order valence-corrected chi connectivity index (χ0v) is 12.4. The molecule has 1 atom stereocenters. The van der Waals surface area contributed by atoms with Gasteiger partial charge in [-0.3, -0.25) is 0 Å². The van der Waals surface area contributed by atoms with Crippen LogP contribution in [0.3, 0.4) is 0 Å². The van der Waals surface area contributed by atoms with Crippen LogP contribution in [0.1, 0.15) is 20.3 Å². The van der Waals surface area contributed by atoms with E-state index >= 15 is 0 Å². The van der Waals surface area contributed by atoms with Gasteiger partial charge in [-0.25, -0.2) is 8.42 Å². The number of aliphatic hydroxyl groups is 1. The van der Waals surface area contributed by atoms with Crippen LogP contribution in [0.5, 0.6) is 0 Å². The normalized spacial score (nSPS) is 13.5. The lowest BCUT2D eigenvalue weighted by molar-refractivity contribution is 0.214. The fourth-order valence-corrected chi connectivity index (χ4v) is 3.12. The molecule has 0 aliphatic carbocycles. The number of benzene rings is 1. The Morgan fingerprint density at radius 2 is 2.00 bits per heavy atom. The van der Waals surface area contributed by atoms with E-state index in [1.807, 2.05) is 6.92 Å². The Labute approximate surface area is 115 Å². The van der Waals surface area contributed by atoms with E-state index < -0.39 is 16.1 Å². The molecular formula is C13H22N2O3S. The molecule has 0 radical (unpaired) electrons. The van der Waals surface area contributed by atoms with Crippen molar-refractivity contribution in [3.8, 4) is 0 Å². The van der Waals surface area contributed by atoms with Crippen molar-refractivity contribution in [1.82, 2.24) is 4.31 Å². The zero-order chi connectivity index (χ0) is 14.5. The second-order valence-electron chi connectivity index (χ2n) is 4.48. The van der Waals surface area contributed by atoms with Gasteiger partial charge in [0.05, 0.1) is 12.3 Å². The maximum absolute atomic E-state index is 12.5. The third-order valence-corrected chi connectivity index (χ3v) is 5.02. The fraction of sp³-hybridized carbons (Fsp3) is 0.538. The van der Waals surface area contributed by atoms with E-state index in [9.17, 15) is 8.42 Å². The highest BCUT2D eigenvalue weighted by atomic mass is 32.2. The molecule has 2 N–H and O–H groups in total. The van der Waals surface area contributed by atoms with Crippen molar-refractivity contribution in [2.45, 2.75) is 31.2 Å². The van der Waals surface area contributed by atoms with Crippen molar-refractivity contribution in [3.05, 3.63) is 24.3 Å². The van der Waals surface area contributed by atoms with Crippen LogP contribution in [0.25, 0.3) is 0 Å². The number of hydrogen-bond acceptors (Lipinski definition) is 4. The number of nitrogens with one attached hydrogen (secondary N) is 1. The SMILES string of the molecule is CCCNc1ccccc1S(=O)(=O)N(C)C(C)CO. The Hall–Kier alpha value is -1.11. The Kier molecular flexibility index (Phi) is 5.78. The Bertz CT molecular complexity index is 502. The first kappa shape index (κ1) is 15.9. The van der Waals surface area contributed by atoms with E-state index in [0.717, 1.165) is 6.42 Å². The van der Waals surface area contributed by atoms with Gasteiger partial charge < -0.3 is 10.4 Å². The van der Waals surface area contributed by atoms with E-state index in [4.69, 9.17) is 5.11 Å². The number of likely N-dealkylation sites (N-methyl/N-ethyl adjacent to an activating group) is 1. The van der Waals surface area contributed by atoms with Gasteiger partial charge in [0.25, 0.3) is 0 Å². The maximum Gasteiger partial charge on any atom is 0.245 e. The van der Waals surface area contributed by atoms with Crippen LogP contribution in [-0.2, 0) is 10.0 Å². The van der Waals surface area contributed by atoms with E-state index in [-0.39, 0.29) is 11.5 Å². The minimum Gasteiger partial charge on any atom is -0.395 e. The maximum atomic E-state index is 12.5. The molecule has 0 saturated heterocycles. The molecule has 1 rings (SSSR count). The van der Waals surface area contributed by atoms with E-state index in [1.165, 1.54) is 11.4 Å². The third kappa shape index (κ3) is 3.68. The van der Waals surface area contributed by atoms with Crippen molar-refractivity contribution in [2.24, 2.45) is 0 Å². The highest BCUT2D eigenvalue weighted by Gasteiger charge is 2.27. The Morgan fingerprint density at radius 3 is 2.58 bits per heavy atom. The van der Waals surface area contributed by atoms with Gasteiger partial charge in [-0.15, -0.1) is 0 Å². The summed E-state index contributed by atoms with van der Waals surface area (Å²) in [6.45, 7) is 4.19. The molecule has 0 fully saturated rings. The zero-order valence-electron chi connectivity index (χ0n) is 11.6. The van der Waals surface area contributed by atoms with Gasteiger partial charge in [-0.1, -0.05) is 19.1 Å². The largest absolute Gasteiger partial charge is 0.395 e. The molecule has 5 nitrogen and oxygen atoms in total. The van der Waals surface area contributed by atoms with Crippen molar-refractivity contribution in [3.63, 3.8) is 0 Å². The quantitative estimate of drug-likeness (QED) is 0.797. The standard InChI is InChI=1S/C13H22N2O3S/c1-4-9-14-12-7-5-6-8-13(12)19(17,18)15(3)11(2)10-16/h5-8,11,14,16H,4,9-10H2,1-3H3. The van der Waals surface area contributed by atoms with Crippen LogP contribution in [0.15, 0.2) is 29.2 Å². The predicted octanol–water partition coefficient (Wildman–Crippen LogP) is 1.51. The molecule has 6 heteroatoms. The third-order valence-electron chi connectivity index (χ3n) is 2.99. The Morgan fingerprint density at radius 1 is 1.37 bits per heavy atom. The first-order chi connectivity index (χ1) is 8.95. The number of rotatable bonds is 7. The number of nitrogens with zero attached hydrogens (tertiary/aromatic N) is 1. The number of aliphatic hydroxyl groups excluding tert-OH is 1. The summed E-state index contributed by atoms with van der Waals surface area (Å²) in [6, 6.07) is 6.37. The van der Waals surface area contributed by atoms with Gasteiger partial charge in [0.15, 0.2) is 0 Å². The van der Waals surface area contributed by atoms with Crippen LogP contribution in [0, 0.1) is 0 Å². The van der Waals surface area contributed by atoms with Crippen molar-refractivity contribution in [2.75, 3.05) is 25.5 Å². The first-order valence-electron chi connectivity index (χ1n) is 6.37. The number of anilines is 1. The molecule has 1 aromatic rings. The lowest BCUT2D eigenvalue weighted by Crippen LogP contribution is -2.37. The summed E-state index contributed by atoms with van der Waals surface area (Å²) in [7, 11) is -2.12. The molecule has 0 aliphatic rings. The van der Waals surface area contributed by atoms with Gasteiger partial charge in [-0.2, -0.15) is 4.31 Å². The summed E-state index contributed by atoms with van der Waals surface area (Å²) in [5.74, 6) is 0. The number of para-hydroxylation sites is 1. The molecule has 0 amide bonds. The summed E-state index contributed by atoms with van der Waals surface area (Å²) < 4.78 is 26.2. The summed E-state index contributed by atoms with van der Waals surface area (Å²) >= 11 is 0. The van der Waals surface area contributed by atoms with Gasteiger partial charge >= 0.3 is 0 Å². The van der Waals surface area contributed by atoms with Gasteiger partial charge in [0, 0.05) is 19.6 Å². The second kappa shape index (κ2) is 6.88. The minimum atomic E-state index is -3.60. The molecule has 19 heavy (non-hydrogen) atoms. The van der Waals surface area contributed by atoms with Crippen molar-refractivity contribution >= 4 is 15.7 Å². The fourth-order valence-electron chi connectivity index (χ4n) is 1.60. The van der Waals surface area contributed by atoms with Crippen LogP contribution >= 0.6 is 0 Å². The highest BCUT2D eigenvalue weighted by molar-refractivity contribution is 7.89. The number of sulfonamides is 1. The summed E-state index contributed by atoms with van der Waals surface area (Å²) in [5, 5.41) is 12.2. The highest BCUT2D eigenvalue weighted by Crippen LogP contribution is 2.24. The molecule has 0 bridgehead atoms. The van der Waals surface area contributed by atoms with E-state index in [1.54, 1.807) is 31.2 Å². The summed E-state index contributed by atoms with van der Waals surface area (Å²) in [5.41, 5.74) is 0.598. The minimum absolute atomic E-state index is 0.208. The molecule has 0 aliphatic heterocycles. The van der Waals surface area contributed by atoms with Crippen LogP contribution in [-0.4, -0.2) is 44.1 Å². The first-order valence-corrected chi connectivity index (χ1v) is 7.81. The monoisotopic (exact) mass is 286 g/mol. The van der Waals surface area contributed by atoms with Crippen LogP contribution in [0.4, 0.5) is 5.69 Å². The predicted molar refractivity (Wildman–Crippen MR) is 76.7 cm³/mol. The molecule has 108 valence electrons. The molecule has 0 aromatic heterocycles. The molecule has 0 saturated carbocycles. The lowest BCUT2D eigenvalue weighted by Gasteiger charge is -2.24.